The highest BCUT2D eigenvalue weighted by molar-refractivity contribution is 6.35. The number of rotatable bonds is 3. The van der Waals surface area contributed by atoms with Crippen molar-refractivity contribution in [2.75, 3.05) is 5.43 Å². The summed E-state index contributed by atoms with van der Waals surface area (Å²) < 4.78 is 0. The van der Waals surface area contributed by atoms with Crippen LogP contribution in [-0.4, -0.2) is 9.91 Å². The molecular formula is C11H11ClN4O2. The molecule has 0 bridgehead atoms. The van der Waals surface area contributed by atoms with Gasteiger partial charge in [-0.3, -0.25) is 10.1 Å². The number of aromatic nitrogens is 1. The van der Waals surface area contributed by atoms with Gasteiger partial charge in [0.05, 0.1) is 9.95 Å². The molecule has 0 saturated heterocycles. The second kappa shape index (κ2) is 4.75. The summed E-state index contributed by atoms with van der Waals surface area (Å²) in [6.45, 7) is 1.94. The van der Waals surface area contributed by atoms with E-state index in [2.05, 4.69) is 10.4 Å². The zero-order chi connectivity index (χ0) is 13.3. The molecule has 94 valence electrons. The summed E-state index contributed by atoms with van der Waals surface area (Å²) in [6, 6.07) is 4.61. The van der Waals surface area contributed by atoms with Crippen LogP contribution in [0.15, 0.2) is 18.2 Å². The van der Waals surface area contributed by atoms with E-state index in [4.69, 9.17) is 17.4 Å². The summed E-state index contributed by atoms with van der Waals surface area (Å²) in [5.74, 6) is 5.79. The van der Waals surface area contributed by atoms with Crippen LogP contribution in [0.1, 0.15) is 12.5 Å². The molecule has 0 unspecified atom stereocenters. The zero-order valence-corrected chi connectivity index (χ0v) is 10.4. The third kappa shape index (κ3) is 1.96. The molecule has 1 heterocycles. The Balaban J connectivity index is 2.86. The molecule has 0 radical (unpaired) electrons. The van der Waals surface area contributed by atoms with Crippen molar-refractivity contribution in [1.82, 2.24) is 4.98 Å². The fourth-order valence-corrected chi connectivity index (χ4v) is 2.00. The SMILES string of the molecule is CCc1cc2c(Cl)ccc([N+](=O)[O-])c2nc1NN. The quantitative estimate of drug-likeness (QED) is 0.506. The van der Waals surface area contributed by atoms with Gasteiger partial charge in [-0.05, 0) is 24.1 Å². The summed E-state index contributed by atoms with van der Waals surface area (Å²) in [4.78, 5) is 14.6. The number of nitrogens with one attached hydrogen (secondary N) is 1. The van der Waals surface area contributed by atoms with E-state index in [1.807, 2.05) is 6.92 Å². The molecule has 0 aliphatic rings. The van der Waals surface area contributed by atoms with E-state index < -0.39 is 4.92 Å². The molecule has 7 heteroatoms. The third-order valence-electron chi connectivity index (χ3n) is 2.70. The third-order valence-corrected chi connectivity index (χ3v) is 3.03. The van der Waals surface area contributed by atoms with E-state index in [0.717, 1.165) is 5.56 Å². The molecular weight excluding hydrogens is 256 g/mol. The number of anilines is 1. The predicted octanol–water partition coefficient (Wildman–Crippen LogP) is 2.64. The molecule has 6 nitrogen and oxygen atoms in total. The largest absolute Gasteiger partial charge is 0.308 e. The van der Waals surface area contributed by atoms with Crippen LogP contribution >= 0.6 is 11.6 Å². The number of hydrazine groups is 1. The first-order chi connectivity index (χ1) is 8.58. The first kappa shape index (κ1) is 12.5. The van der Waals surface area contributed by atoms with Crippen molar-refractivity contribution in [2.45, 2.75) is 13.3 Å². The van der Waals surface area contributed by atoms with Gasteiger partial charge in [0, 0.05) is 11.5 Å². The number of pyridine rings is 1. The van der Waals surface area contributed by atoms with Gasteiger partial charge < -0.3 is 5.43 Å². The van der Waals surface area contributed by atoms with Crippen LogP contribution in [0.4, 0.5) is 11.5 Å². The number of aryl methyl sites for hydroxylation is 1. The highest BCUT2D eigenvalue weighted by Crippen LogP contribution is 2.32. The minimum Gasteiger partial charge on any atom is -0.308 e. The topological polar surface area (TPSA) is 94.1 Å². The van der Waals surface area contributed by atoms with Crippen molar-refractivity contribution in [2.24, 2.45) is 5.84 Å². The van der Waals surface area contributed by atoms with Crippen LogP contribution in [0, 0.1) is 10.1 Å². The summed E-state index contributed by atoms with van der Waals surface area (Å²) in [7, 11) is 0. The van der Waals surface area contributed by atoms with Gasteiger partial charge in [0.1, 0.15) is 5.82 Å². The lowest BCUT2D eigenvalue weighted by atomic mass is 10.1. The Kier molecular flexibility index (Phi) is 3.31. The van der Waals surface area contributed by atoms with E-state index in [1.54, 1.807) is 6.07 Å². The maximum absolute atomic E-state index is 11.0. The first-order valence-electron chi connectivity index (χ1n) is 5.31. The lowest BCUT2D eigenvalue weighted by Gasteiger charge is -2.09. The molecule has 1 aromatic heterocycles. The van der Waals surface area contributed by atoms with Crippen LogP contribution in [0.3, 0.4) is 0 Å². The molecule has 2 aromatic rings. The Bertz CT molecular complexity index is 630. The van der Waals surface area contributed by atoms with Gasteiger partial charge in [0.25, 0.3) is 5.69 Å². The number of hydrogen-bond acceptors (Lipinski definition) is 5. The highest BCUT2D eigenvalue weighted by Gasteiger charge is 2.17. The summed E-state index contributed by atoms with van der Waals surface area (Å²) >= 11 is 6.04. The Morgan fingerprint density at radius 2 is 2.28 bits per heavy atom. The Morgan fingerprint density at radius 3 is 2.83 bits per heavy atom. The van der Waals surface area contributed by atoms with Crippen molar-refractivity contribution >= 4 is 34.0 Å². The number of hydrogen-bond donors (Lipinski definition) is 2. The number of nitrogen functional groups attached to an aromatic ring is 1. The number of nitro groups is 1. The average Bonchev–Trinajstić information content (AvgIpc) is 2.37. The van der Waals surface area contributed by atoms with Crippen molar-refractivity contribution in [1.29, 1.82) is 0 Å². The van der Waals surface area contributed by atoms with Crippen molar-refractivity contribution < 1.29 is 4.92 Å². The maximum atomic E-state index is 11.0. The van der Waals surface area contributed by atoms with Gasteiger partial charge in [-0.2, -0.15) is 0 Å². The summed E-state index contributed by atoms with van der Waals surface area (Å²) in [5, 5.41) is 11.9. The van der Waals surface area contributed by atoms with E-state index in [-0.39, 0.29) is 11.2 Å². The lowest BCUT2D eigenvalue weighted by molar-refractivity contribution is -0.383. The van der Waals surface area contributed by atoms with Crippen LogP contribution in [0.5, 0.6) is 0 Å². The Labute approximate surface area is 108 Å². The number of nitro benzene ring substituents is 1. The number of halogens is 1. The second-order valence-corrected chi connectivity index (χ2v) is 4.12. The predicted molar refractivity (Wildman–Crippen MR) is 70.6 cm³/mol. The normalized spacial score (nSPS) is 10.6. The van der Waals surface area contributed by atoms with Gasteiger partial charge in [-0.15, -0.1) is 0 Å². The maximum Gasteiger partial charge on any atom is 0.295 e. The standard InChI is InChI=1S/C11H11ClN4O2/c1-2-6-5-7-8(12)3-4-9(16(17)18)10(7)14-11(6)15-13/h3-5H,2,13H2,1H3,(H,14,15). The zero-order valence-electron chi connectivity index (χ0n) is 9.61. The molecule has 0 amide bonds. The molecule has 3 N–H and O–H groups in total. The van der Waals surface area contributed by atoms with Gasteiger partial charge in [0.2, 0.25) is 0 Å². The number of nitrogens with zero attached hydrogens (tertiary/aromatic N) is 2. The van der Waals surface area contributed by atoms with Crippen LogP contribution < -0.4 is 11.3 Å². The van der Waals surface area contributed by atoms with Gasteiger partial charge in [-0.1, -0.05) is 18.5 Å². The second-order valence-electron chi connectivity index (χ2n) is 3.71. The monoisotopic (exact) mass is 266 g/mol. The molecule has 0 aliphatic heterocycles. The minimum atomic E-state index is -0.489. The lowest BCUT2D eigenvalue weighted by Crippen LogP contribution is -2.11. The fourth-order valence-electron chi connectivity index (χ4n) is 1.79. The highest BCUT2D eigenvalue weighted by atomic mass is 35.5. The number of non-ortho nitro benzene ring substituents is 1. The van der Waals surface area contributed by atoms with Crippen molar-refractivity contribution in [3.8, 4) is 0 Å². The summed E-state index contributed by atoms with van der Waals surface area (Å²) in [5.41, 5.74) is 3.45. The van der Waals surface area contributed by atoms with Gasteiger partial charge >= 0.3 is 0 Å². The molecule has 2 rings (SSSR count). The van der Waals surface area contributed by atoms with Crippen molar-refractivity contribution in [3.05, 3.63) is 38.9 Å². The van der Waals surface area contributed by atoms with Gasteiger partial charge in [0.15, 0.2) is 5.52 Å². The van der Waals surface area contributed by atoms with E-state index >= 15 is 0 Å². The van der Waals surface area contributed by atoms with E-state index in [9.17, 15) is 10.1 Å². The average molecular weight is 267 g/mol. The number of fused-ring (bicyclic) bond motifs is 1. The Hall–Kier alpha value is -1.92. The van der Waals surface area contributed by atoms with Crippen LogP contribution in [-0.2, 0) is 6.42 Å². The molecule has 18 heavy (non-hydrogen) atoms. The Morgan fingerprint density at radius 1 is 1.56 bits per heavy atom. The number of benzene rings is 1. The number of nitrogens with two attached hydrogens (primary N) is 1. The van der Waals surface area contributed by atoms with Crippen LogP contribution in [0.25, 0.3) is 10.9 Å². The molecule has 0 fully saturated rings. The van der Waals surface area contributed by atoms with E-state index in [1.165, 1.54) is 12.1 Å². The molecule has 0 spiro atoms. The minimum absolute atomic E-state index is 0.0893. The molecule has 1 aromatic carbocycles. The summed E-state index contributed by atoms with van der Waals surface area (Å²) in [6.07, 6.45) is 0.696. The van der Waals surface area contributed by atoms with Crippen LogP contribution in [0.2, 0.25) is 5.02 Å². The van der Waals surface area contributed by atoms with Crippen molar-refractivity contribution in [3.63, 3.8) is 0 Å². The molecule has 0 aliphatic carbocycles. The molecule has 0 saturated carbocycles. The smallest absolute Gasteiger partial charge is 0.295 e. The van der Waals surface area contributed by atoms with Gasteiger partial charge in [-0.25, -0.2) is 10.8 Å². The van der Waals surface area contributed by atoms with E-state index in [0.29, 0.717) is 22.6 Å². The molecule has 0 atom stereocenters. The first-order valence-corrected chi connectivity index (χ1v) is 5.69. The fraction of sp³-hybridized carbons (Fsp3) is 0.182.